The van der Waals surface area contributed by atoms with Gasteiger partial charge in [0.1, 0.15) is 11.5 Å². The zero-order chi connectivity index (χ0) is 15.3. The molecular formula is C19H20O2. The fraction of sp³-hybridized carbons (Fsp3) is 0.263. The van der Waals surface area contributed by atoms with Crippen LogP contribution in [0.15, 0.2) is 48.5 Å². The Morgan fingerprint density at radius 2 is 1.52 bits per heavy atom. The normalized spacial score (nSPS) is 10.9. The Bertz CT molecular complexity index is 616. The van der Waals surface area contributed by atoms with E-state index in [1.807, 2.05) is 24.3 Å². The van der Waals surface area contributed by atoms with E-state index in [0.29, 0.717) is 13.0 Å². The standard InChI is InChI=1S/C19H20O2/c1-4-5-14-21-18-12-8-16(9-13-18)19(2,3)15-6-10-17(20)11-7-15/h1,6-13,20H,5,14H2,2-3H3. The topological polar surface area (TPSA) is 29.5 Å². The molecule has 2 aromatic rings. The highest BCUT2D eigenvalue weighted by molar-refractivity contribution is 5.41. The molecule has 0 saturated carbocycles. The van der Waals surface area contributed by atoms with Crippen LogP contribution in [0, 0.1) is 12.3 Å². The summed E-state index contributed by atoms with van der Waals surface area (Å²) >= 11 is 0. The first-order chi connectivity index (χ1) is 10.0. The van der Waals surface area contributed by atoms with Crippen molar-refractivity contribution in [3.63, 3.8) is 0 Å². The highest BCUT2D eigenvalue weighted by Crippen LogP contribution is 2.33. The van der Waals surface area contributed by atoms with Crippen LogP contribution in [0.4, 0.5) is 0 Å². The number of ether oxygens (including phenoxy) is 1. The van der Waals surface area contributed by atoms with Crippen molar-refractivity contribution >= 4 is 0 Å². The Kier molecular flexibility index (Phi) is 4.55. The van der Waals surface area contributed by atoms with Gasteiger partial charge < -0.3 is 9.84 Å². The molecule has 0 spiro atoms. The van der Waals surface area contributed by atoms with Gasteiger partial charge in [0, 0.05) is 11.8 Å². The lowest BCUT2D eigenvalue weighted by Crippen LogP contribution is -2.18. The smallest absolute Gasteiger partial charge is 0.119 e. The van der Waals surface area contributed by atoms with E-state index >= 15 is 0 Å². The SMILES string of the molecule is C#CCCOc1ccc(C(C)(C)c2ccc(O)cc2)cc1. The van der Waals surface area contributed by atoms with Crippen molar-refractivity contribution < 1.29 is 9.84 Å². The molecule has 2 aromatic carbocycles. The van der Waals surface area contributed by atoms with Crippen molar-refractivity contribution in [2.24, 2.45) is 0 Å². The second-order valence-electron chi connectivity index (χ2n) is 5.50. The van der Waals surface area contributed by atoms with Gasteiger partial charge in [0.05, 0.1) is 6.61 Å². The minimum absolute atomic E-state index is 0.134. The number of hydrogen-bond donors (Lipinski definition) is 1. The maximum atomic E-state index is 9.40. The highest BCUT2D eigenvalue weighted by atomic mass is 16.5. The molecule has 0 atom stereocenters. The van der Waals surface area contributed by atoms with E-state index in [4.69, 9.17) is 11.2 Å². The fourth-order valence-corrected chi connectivity index (χ4v) is 2.24. The summed E-state index contributed by atoms with van der Waals surface area (Å²) in [7, 11) is 0. The van der Waals surface area contributed by atoms with Crippen LogP contribution in [0.25, 0.3) is 0 Å². The van der Waals surface area contributed by atoms with E-state index in [0.717, 1.165) is 11.3 Å². The average molecular weight is 280 g/mol. The van der Waals surface area contributed by atoms with Gasteiger partial charge in [0.25, 0.3) is 0 Å². The van der Waals surface area contributed by atoms with Gasteiger partial charge in [-0.05, 0) is 35.4 Å². The van der Waals surface area contributed by atoms with Crippen LogP contribution in [0.1, 0.15) is 31.4 Å². The summed E-state index contributed by atoms with van der Waals surface area (Å²) < 4.78 is 5.56. The molecule has 2 nitrogen and oxygen atoms in total. The van der Waals surface area contributed by atoms with Gasteiger partial charge in [0.15, 0.2) is 0 Å². The van der Waals surface area contributed by atoms with E-state index in [9.17, 15) is 5.11 Å². The molecule has 2 heteroatoms. The largest absolute Gasteiger partial charge is 0.508 e. The molecule has 2 rings (SSSR count). The molecule has 0 fully saturated rings. The molecule has 1 N–H and O–H groups in total. The Labute approximate surface area is 126 Å². The molecule has 0 saturated heterocycles. The van der Waals surface area contributed by atoms with E-state index in [2.05, 4.69) is 31.9 Å². The Balaban J connectivity index is 2.17. The first kappa shape index (κ1) is 15.0. The fourth-order valence-electron chi connectivity index (χ4n) is 2.24. The van der Waals surface area contributed by atoms with Gasteiger partial charge in [0.2, 0.25) is 0 Å². The molecular weight excluding hydrogens is 260 g/mol. The maximum absolute atomic E-state index is 9.40. The first-order valence-corrected chi connectivity index (χ1v) is 7.00. The van der Waals surface area contributed by atoms with Gasteiger partial charge in [-0.2, -0.15) is 0 Å². The van der Waals surface area contributed by atoms with Gasteiger partial charge in [-0.1, -0.05) is 38.1 Å². The van der Waals surface area contributed by atoms with Crippen LogP contribution in [-0.4, -0.2) is 11.7 Å². The van der Waals surface area contributed by atoms with Crippen molar-refractivity contribution in [1.29, 1.82) is 0 Å². The number of benzene rings is 2. The van der Waals surface area contributed by atoms with Gasteiger partial charge in [-0.25, -0.2) is 0 Å². The minimum atomic E-state index is -0.134. The lowest BCUT2D eigenvalue weighted by molar-refractivity contribution is 0.327. The van der Waals surface area contributed by atoms with Crippen LogP contribution in [0.5, 0.6) is 11.5 Å². The van der Waals surface area contributed by atoms with Crippen molar-refractivity contribution in [2.75, 3.05) is 6.61 Å². The molecule has 108 valence electrons. The van der Waals surface area contributed by atoms with Crippen LogP contribution in [0.3, 0.4) is 0 Å². The molecule has 0 aliphatic heterocycles. The molecule has 0 unspecified atom stereocenters. The Hall–Kier alpha value is -2.40. The van der Waals surface area contributed by atoms with Gasteiger partial charge in [-0.3, -0.25) is 0 Å². The Morgan fingerprint density at radius 3 is 2.05 bits per heavy atom. The number of aromatic hydroxyl groups is 1. The first-order valence-electron chi connectivity index (χ1n) is 7.00. The summed E-state index contributed by atoms with van der Waals surface area (Å²) in [6, 6.07) is 15.4. The van der Waals surface area contributed by atoms with Crippen LogP contribution < -0.4 is 4.74 Å². The summed E-state index contributed by atoms with van der Waals surface area (Å²) in [4.78, 5) is 0. The second kappa shape index (κ2) is 6.37. The van der Waals surface area contributed by atoms with Crippen molar-refractivity contribution in [1.82, 2.24) is 0 Å². The number of hydrogen-bond acceptors (Lipinski definition) is 2. The number of terminal acetylenes is 1. The zero-order valence-corrected chi connectivity index (χ0v) is 12.5. The third kappa shape index (κ3) is 3.58. The lowest BCUT2D eigenvalue weighted by atomic mass is 9.78. The van der Waals surface area contributed by atoms with Crippen molar-refractivity contribution in [3.8, 4) is 23.8 Å². The molecule has 21 heavy (non-hydrogen) atoms. The molecule has 0 heterocycles. The summed E-state index contributed by atoms with van der Waals surface area (Å²) in [5.41, 5.74) is 2.21. The van der Waals surface area contributed by atoms with E-state index in [1.54, 1.807) is 12.1 Å². The summed E-state index contributed by atoms with van der Waals surface area (Å²) in [6.45, 7) is 4.86. The number of rotatable bonds is 5. The maximum Gasteiger partial charge on any atom is 0.119 e. The Morgan fingerprint density at radius 1 is 1.00 bits per heavy atom. The predicted molar refractivity (Wildman–Crippen MR) is 85.6 cm³/mol. The summed E-state index contributed by atoms with van der Waals surface area (Å²) in [5.74, 6) is 3.67. The molecule has 0 aliphatic rings. The zero-order valence-electron chi connectivity index (χ0n) is 12.5. The summed E-state index contributed by atoms with van der Waals surface area (Å²) in [6.07, 6.45) is 5.81. The lowest BCUT2D eigenvalue weighted by Gasteiger charge is -2.26. The van der Waals surface area contributed by atoms with Crippen LogP contribution in [0.2, 0.25) is 0 Å². The van der Waals surface area contributed by atoms with E-state index in [-0.39, 0.29) is 11.2 Å². The molecule has 0 aromatic heterocycles. The quantitative estimate of drug-likeness (QED) is 0.659. The molecule has 0 radical (unpaired) electrons. The van der Waals surface area contributed by atoms with Crippen LogP contribution in [-0.2, 0) is 5.41 Å². The van der Waals surface area contributed by atoms with Crippen LogP contribution >= 0.6 is 0 Å². The second-order valence-corrected chi connectivity index (χ2v) is 5.50. The van der Waals surface area contributed by atoms with Crippen molar-refractivity contribution in [3.05, 3.63) is 59.7 Å². The van der Waals surface area contributed by atoms with Gasteiger partial charge in [-0.15, -0.1) is 12.3 Å². The highest BCUT2D eigenvalue weighted by Gasteiger charge is 2.22. The molecule has 0 aliphatic carbocycles. The minimum Gasteiger partial charge on any atom is -0.508 e. The van der Waals surface area contributed by atoms with Gasteiger partial charge >= 0.3 is 0 Å². The third-order valence-electron chi connectivity index (χ3n) is 3.68. The molecule has 0 amide bonds. The predicted octanol–water partition coefficient (Wildman–Crippen LogP) is 4.12. The van der Waals surface area contributed by atoms with Crippen molar-refractivity contribution in [2.45, 2.75) is 25.7 Å². The molecule has 0 bridgehead atoms. The number of phenolic OH excluding ortho intramolecular Hbond substituents is 1. The third-order valence-corrected chi connectivity index (χ3v) is 3.68. The average Bonchev–Trinajstić information content (AvgIpc) is 2.48. The summed E-state index contributed by atoms with van der Waals surface area (Å²) in [5, 5.41) is 9.40. The number of phenols is 1. The van der Waals surface area contributed by atoms with E-state index < -0.39 is 0 Å². The van der Waals surface area contributed by atoms with E-state index in [1.165, 1.54) is 5.56 Å². The monoisotopic (exact) mass is 280 g/mol.